The minimum atomic E-state index is 0.189. The lowest BCUT2D eigenvalue weighted by molar-refractivity contribution is -0.129. The van der Waals surface area contributed by atoms with E-state index in [1.807, 2.05) is 0 Å². The molecule has 1 aliphatic heterocycles. The number of fused-ring (bicyclic) bond motifs is 2. The lowest BCUT2D eigenvalue weighted by atomic mass is 9.94. The van der Waals surface area contributed by atoms with Crippen molar-refractivity contribution in [2.45, 2.75) is 75.8 Å². The molecule has 10 nitrogen and oxygen atoms in total. The van der Waals surface area contributed by atoms with Gasteiger partial charge in [0.2, 0.25) is 0 Å². The summed E-state index contributed by atoms with van der Waals surface area (Å²) in [5.74, 6) is 0. The van der Waals surface area contributed by atoms with Crippen LogP contribution in [0.2, 0.25) is 0 Å². The van der Waals surface area contributed by atoms with Gasteiger partial charge in [-0.25, -0.2) is 0 Å². The molecule has 3 heterocycles. The van der Waals surface area contributed by atoms with Gasteiger partial charge in [0.25, 0.3) is 0 Å². The number of rotatable bonds is 0. The minimum absolute atomic E-state index is 0.189. The topological polar surface area (TPSA) is 119 Å². The van der Waals surface area contributed by atoms with Gasteiger partial charge in [-0.3, -0.25) is 0 Å². The first-order valence-corrected chi connectivity index (χ1v) is 16.3. The highest BCUT2D eigenvalue weighted by atomic mass is 32.1. The van der Waals surface area contributed by atoms with Crippen LogP contribution in [-0.2, 0) is 28.4 Å². The SMILES string of the molecule is C1CC[C@H]2OCCOCCO[C@@H]3CCCC[C@@H]3OCCOCCO[C@H]2C1.S=c1cc[nH]c(=S)[nH]1.S=c1cc[nH]c(=S)[nH]1. The second kappa shape index (κ2) is 21.5. The van der Waals surface area contributed by atoms with E-state index in [2.05, 4.69) is 19.9 Å². The molecule has 2 saturated carbocycles. The summed E-state index contributed by atoms with van der Waals surface area (Å²) in [7, 11) is 0. The lowest BCUT2D eigenvalue weighted by Gasteiger charge is -2.32. The van der Waals surface area contributed by atoms with E-state index in [-0.39, 0.29) is 24.4 Å². The number of H-pyrrole nitrogens is 4. The average molecular weight is 661 g/mol. The van der Waals surface area contributed by atoms with E-state index in [1.165, 1.54) is 25.7 Å². The maximum Gasteiger partial charge on any atom is 0.175 e. The number of aromatic nitrogens is 4. The molecule has 0 amide bonds. The molecule has 0 bridgehead atoms. The smallest absolute Gasteiger partial charge is 0.175 e. The Hall–Kier alpha value is -1.20. The van der Waals surface area contributed by atoms with E-state index in [9.17, 15) is 0 Å². The highest BCUT2D eigenvalue weighted by Gasteiger charge is 2.27. The summed E-state index contributed by atoms with van der Waals surface area (Å²) < 4.78 is 37.9. The molecule has 4 atom stereocenters. The second-order valence-electron chi connectivity index (χ2n) is 10.0. The highest BCUT2D eigenvalue weighted by molar-refractivity contribution is 7.72. The monoisotopic (exact) mass is 660 g/mol. The van der Waals surface area contributed by atoms with Crippen LogP contribution in [-0.4, -0.2) is 97.2 Å². The molecule has 0 radical (unpaired) electrons. The van der Waals surface area contributed by atoms with Crippen LogP contribution >= 0.6 is 48.9 Å². The minimum Gasteiger partial charge on any atom is -0.377 e. The van der Waals surface area contributed by atoms with Gasteiger partial charge in [0.05, 0.1) is 77.3 Å². The van der Waals surface area contributed by atoms with E-state index in [1.54, 1.807) is 24.5 Å². The normalized spacial score (nSPS) is 26.3. The Kier molecular flexibility index (Phi) is 18.1. The van der Waals surface area contributed by atoms with Crippen molar-refractivity contribution in [2.75, 3.05) is 52.9 Å². The zero-order valence-corrected chi connectivity index (χ0v) is 27.3. The average Bonchev–Trinajstić information content (AvgIpc) is 2.97. The van der Waals surface area contributed by atoms with Gasteiger partial charge in [0.1, 0.15) is 9.28 Å². The zero-order valence-electron chi connectivity index (χ0n) is 24.0. The van der Waals surface area contributed by atoms with E-state index < -0.39 is 0 Å². The molecular formula is C28H44N4O6S4. The van der Waals surface area contributed by atoms with E-state index >= 15 is 0 Å². The standard InChI is InChI=1S/C20H36O6.2C4H4N2S2/c1-2-6-18-17(5-1)23-13-9-21-11-15-25-19-7-3-4-8-20(19)26-16-12-22-10-14-24-18;2*7-3-1-2-5-4(8)6-3/h17-20H,1-16H2;2*1-2H,(H2,5,6,7,8)/t17-,18+,19-,20+;;. The van der Waals surface area contributed by atoms with Crippen molar-refractivity contribution in [1.29, 1.82) is 0 Å². The summed E-state index contributed by atoms with van der Waals surface area (Å²) in [5, 5.41) is 0. The van der Waals surface area contributed by atoms with Crippen molar-refractivity contribution in [3.8, 4) is 0 Å². The molecule has 2 aromatic heterocycles. The third-order valence-corrected chi connectivity index (χ3v) is 7.81. The molecule has 14 heteroatoms. The van der Waals surface area contributed by atoms with Crippen molar-refractivity contribution in [2.24, 2.45) is 0 Å². The summed E-state index contributed by atoms with van der Waals surface area (Å²) in [6.07, 6.45) is 13.3. The van der Waals surface area contributed by atoms with Crippen LogP contribution in [0.1, 0.15) is 51.4 Å². The summed E-state index contributed by atoms with van der Waals surface area (Å²) in [6, 6.07) is 3.48. The maximum absolute atomic E-state index is 6.03. The molecule has 4 N–H and O–H groups in total. The fraction of sp³-hybridized carbons (Fsp3) is 0.714. The predicted octanol–water partition coefficient (Wildman–Crippen LogP) is 6.33. The van der Waals surface area contributed by atoms with Crippen molar-refractivity contribution in [3.63, 3.8) is 0 Å². The Balaban J connectivity index is 0.000000244. The van der Waals surface area contributed by atoms with Gasteiger partial charge in [-0.15, -0.1) is 0 Å². The molecule has 3 fully saturated rings. The van der Waals surface area contributed by atoms with Crippen molar-refractivity contribution in [1.82, 2.24) is 19.9 Å². The summed E-state index contributed by atoms with van der Waals surface area (Å²) in [6.45, 7) is 4.93. The fourth-order valence-electron chi connectivity index (χ4n) is 4.89. The van der Waals surface area contributed by atoms with Gasteiger partial charge in [-0.2, -0.15) is 0 Å². The molecule has 5 rings (SSSR count). The predicted molar refractivity (Wildman–Crippen MR) is 171 cm³/mol. The zero-order chi connectivity index (χ0) is 29.8. The molecule has 42 heavy (non-hydrogen) atoms. The van der Waals surface area contributed by atoms with Gasteiger partial charge in [0.15, 0.2) is 9.54 Å². The van der Waals surface area contributed by atoms with Gasteiger partial charge in [0, 0.05) is 12.4 Å². The van der Waals surface area contributed by atoms with Gasteiger partial charge < -0.3 is 48.4 Å². The Morgan fingerprint density at radius 2 is 0.786 bits per heavy atom. The molecule has 236 valence electrons. The first kappa shape index (κ1) is 35.3. The van der Waals surface area contributed by atoms with Crippen LogP contribution < -0.4 is 0 Å². The number of ether oxygens (including phenoxy) is 6. The highest BCUT2D eigenvalue weighted by Crippen LogP contribution is 2.25. The molecule has 2 aromatic rings. The molecule has 0 aromatic carbocycles. The largest absolute Gasteiger partial charge is 0.377 e. The van der Waals surface area contributed by atoms with Crippen LogP contribution in [0.4, 0.5) is 0 Å². The Bertz CT molecular complexity index is 1050. The second-order valence-corrected chi connectivity index (χ2v) is 11.7. The Labute approximate surface area is 268 Å². The van der Waals surface area contributed by atoms with Gasteiger partial charge in [-0.1, -0.05) is 50.1 Å². The van der Waals surface area contributed by atoms with Crippen molar-refractivity contribution in [3.05, 3.63) is 43.3 Å². The third-order valence-electron chi connectivity index (χ3n) is 6.89. The summed E-state index contributed by atoms with van der Waals surface area (Å²) >= 11 is 19.0. The number of hydrogen-bond donors (Lipinski definition) is 4. The van der Waals surface area contributed by atoms with Crippen molar-refractivity contribution >= 4 is 48.9 Å². The molecule has 0 spiro atoms. The van der Waals surface area contributed by atoms with Crippen LogP contribution in [0.25, 0.3) is 0 Å². The molecule has 3 aliphatic rings. The Morgan fingerprint density at radius 3 is 1.02 bits per heavy atom. The van der Waals surface area contributed by atoms with Crippen LogP contribution in [0.3, 0.4) is 0 Å². The third kappa shape index (κ3) is 15.0. The summed E-state index contributed by atoms with van der Waals surface area (Å²) in [4.78, 5) is 11.0. The van der Waals surface area contributed by atoms with E-state index in [4.69, 9.17) is 77.3 Å². The molecule has 2 aliphatic carbocycles. The maximum atomic E-state index is 6.03. The lowest BCUT2D eigenvalue weighted by Crippen LogP contribution is -2.37. The van der Waals surface area contributed by atoms with Crippen LogP contribution in [0.15, 0.2) is 24.5 Å². The number of hydrogen-bond acceptors (Lipinski definition) is 10. The van der Waals surface area contributed by atoms with E-state index in [0.717, 1.165) is 25.7 Å². The first-order chi connectivity index (χ1) is 20.5. The van der Waals surface area contributed by atoms with Gasteiger partial charge >= 0.3 is 0 Å². The number of aromatic amines is 4. The summed E-state index contributed by atoms with van der Waals surface area (Å²) in [5.41, 5.74) is 0. The van der Waals surface area contributed by atoms with Gasteiger partial charge in [-0.05, 0) is 62.3 Å². The van der Waals surface area contributed by atoms with Crippen LogP contribution in [0.5, 0.6) is 0 Å². The van der Waals surface area contributed by atoms with Crippen molar-refractivity contribution < 1.29 is 28.4 Å². The molecular weight excluding hydrogens is 617 g/mol. The molecule has 1 saturated heterocycles. The quantitative estimate of drug-likeness (QED) is 0.239. The first-order valence-electron chi connectivity index (χ1n) is 14.7. The Morgan fingerprint density at radius 1 is 0.476 bits per heavy atom. The van der Waals surface area contributed by atoms with Crippen LogP contribution in [0, 0.1) is 18.8 Å². The van der Waals surface area contributed by atoms with E-state index in [0.29, 0.717) is 71.7 Å². The molecule has 0 unspecified atom stereocenters. The number of nitrogens with one attached hydrogen (secondary N) is 4. The fourth-order valence-corrected chi connectivity index (χ4v) is 5.72.